The molecule has 4 rings (SSSR count). The van der Waals surface area contributed by atoms with Crippen LogP contribution in [0.4, 0.5) is 10.5 Å². The number of rotatable bonds is 6. The summed E-state index contributed by atoms with van der Waals surface area (Å²) in [4.78, 5) is 44.5. The van der Waals surface area contributed by atoms with Crippen LogP contribution < -0.4 is 10.6 Å². The van der Waals surface area contributed by atoms with E-state index in [4.69, 9.17) is 0 Å². The van der Waals surface area contributed by atoms with E-state index in [2.05, 4.69) is 27.7 Å². The number of carbonyl (C=O) groups is 3. The molecule has 2 N–H and O–H groups in total. The number of hydrogen-bond donors (Lipinski definition) is 2. The molecule has 2 heterocycles. The highest BCUT2D eigenvalue weighted by Crippen LogP contribution is 2.15. The van der Waals surface area contributed by atoms with Crippen molar-refractivity contribution in [2.75, 3.05) is 44.6 Å². The van der Waals surface area contributed by atoms with Gasteiger partial charge in [0.15, 0.2) is 0 Å². The van der Waals surface area contributed by atoms with E-state index >= 15 is 0 Å². The molecule has 2 aliphatic rings. The number of amides is 4. The van der Waals surface area contributed by atoms with Crippen molar-refractivity contribution in [3.8, 4) is 0 Å². The molecule has 0 bridgehead atoms. The van der Waals surface area contributed by atoms with Crippen LogP contribution in [-0.4, -0.2) is 77.9 Å². The van der Waals surface area contributed by atoms with Gasteiger partial charge < -0.3 is 20.4 Å². The Labute approximate surface area is 207 Å². The maximum absolute atomic E-state index is 13.2. The van der Waals surface area contributed by atoms with Crippen molar-refractivity contribution >= 4 is 23.5 Å². The summed E-state index contributed by atoms with van der Waals surface area (Å²) < 4.78 is 0. The van der Waals surface area contributed by atoms with Crippen LogP contribution >= 0.6 is 0 Å². The summed E-state index contributed by atoms with van der Waals surface area (Å²) in [5, 5.41) is 5.61. The average Bonchev–Trinajstić information content (AvgIpc) is 3.01. The second-order valence-electron chi connectivity index (χ2n) is 9.42. The quantitative estimate of drug-likeness (QED) is 0.670. The van der Waals surface area contributed by atoms with Crippen molar-refractivity contribution in [2.24, 2.45) is 0 Å². The average molecular weight is 478 g/mol. The Morgan fingerprint density at radius 3 is 2.46 bits per heavy atom. The Balaban J connectivity index is 1.27. The van der Waals surface area contributed by atoms with E-state index < -0.39 is 12.1 Å². The molecule has 35 heavy (non-hydrogen) atoms. The Bertz CT molecular complexity index is 1020. The molecule has 0 spiro atoms. The van der Waals surface area contributed by atoms with Crippen molar-refractivity contribution in [3.63, 3.8) is 0 Å². The number of aryl methyl sites for hydroxylation is 1. The van der Waals surface area contributed by atoms with E-state index in [0.717, 1.165) is 38.0 Å². The molecule has 1 atom stereocenters. The number of hydrogen-bond acceptors (Lipinski definition) is 4. The van der Waals surface area contributed by atoms with Gasteiger partial charge in [-0.15, -0.1) is 0 Å². The summed E-state index contributed by atoms with van der Waals surface area (Å²) >= 11 is 0. The first kappa shape index (κ1) is 24.7. The fraction of sp³-hybridized carbons (Fsp3) is 0.444. The Morgan fingerprint density at radius 1 is 0.943 bits per heavy atom. The lowest BCUT2D eigenvalue weighted by molar-refractivity contribution is -0.142. The van der Waals surface area contributed by atoms with Crippen molar-refractivity contribution in [2.45, 2.75) is 38.8 Å². The molecule has 2 aromatic rings. The molecule has 0 aromatic heterocycles. The number of likely N-dealkylation sites (tertiary alicyclic amines) is 1. The van der Waals surface area contributed by atoms with Crippen molar-refractivity contribution in [1.82, 2.24) is 20.0 Å². The summed E-state index contributed by atoms with van der Waals surface area (Å²) in [6.07, 6.45) is 2.22. The van der Waals surface area contributed by atoms with Gasteiger partial charge >= 0.3 is 6.03 Å². The third-order valence-electron chi connectivity index (χ3n) is 6.66. The first-order valence-corrected chi connectivity index (χ1v) is 12.4. The van der Waals surface area contributed by atoms with Crippen LogP contribution in [-0.2, 0) is 16.1 Å². The minimum Gasteiger partial charge on any atom is -0.339 e. The zero-order valence-electron chi connectivity index (χ0n) is 20.4. The van der Waals surface area contributed by atoms with Crippen LogP contribution in [0.1, 0.15) is 30.4 Å². The number of anilines is 1. The highest BCUT2D eigenvalue weighted by atomic mass is 16.2. The van der Waals surface area contributed by atoms with Crippen molar-refractivity contribution in [3.05, 3.63) is 65.7 Å². The van der Waals surface area contributed by atoms with Crippen LogP contribution in [0.3, 0.4) is 0 Å². The normalized spacial score (nSPS) is 19.2. The molecule has 0 unspecified atom stereocenters. The van der Waals surface area contributed by atoms with Gasteiger partial charge in [0.2, 0.25) is 11.8 Å². The zero-order valence-corrected chi connectivity index (χ0v) is 20.4. The lowest BCUT2D eigenvalue weighted by Gasteiger charge is -2.36. The van der Waals surface area contributed by atoms with E-state index in [9.17, 15) is 14.4 Å². The largest absolute Gasteiger partial charge is 0.339 e. The van der Waals surface area contributed by atoms with Crippen LogP contribution in [0.2, 0.25) is 0 Å². The van der Waals surface area contributed by atoms with Gasteiger partial charge in [0.25, 0.3) is 0 Å². The molecule has 0 aliphatic carbocycles. The summed E-state index contributed by atoms with van der Waals surface area (Å²) in [6, 6.07) is 16.8. The van der Waals surface area contributed by atoms with E-state index in [1.165, 1.54) is 5.56 Å². The van der Waals surface area contributed by atoms with Crippen LogP contribution in [0.5, 0.6) is 0 Å². The summed E-state index contributed by atoms with van der Waals surface area (Å²) in [5.74, 6) is -0.208. The highest BCUT2D eigenvalue weighted by Gasteiger charge is 2.31. The standard InChI is InChI=1S/C27H35N5O3/c1-21-8-7-11-23(18-21)28-27(35)29-24-12-5-6-13-32(26(24)34)20-25(33)31-16-14-30(15-17-31)19-22-9-3-2-4-10-22/h2-4,7-11,18,24H,5-6,12-17,19-20H2,1H3,(H2,28,29,35)/t24-/m0/s1. The van der Waals surface area contributed by atoms with Gasteiger partial charge in [-0.3, -0.25) is 14.5 Å². The minimum absolute atomic E-state index is 0.0254. The van der Waals surface area contributed by atoms with Crippen LogP contribution in [0, 0.1) is 6.92 Å². The second kappa shape index (κ2) is 11.8. The van der Waals surface area contributed by atoms with E-state index in [-0.39, 0.29) is 18.4 Å². The molecule has 8 heteroatoms. The lowest BCUT2D eigenvalue weighted by atomic mass is 10.1. The predicted molar refractivity (Wildman–Crippen MR) is 136 cm³/mol. The molecule has 2 fully saturated rings. The molecule has 2 saturated heterocycles. The maximum atomic E-state index is 13.2. The van der Waals surface area contributed by atoms with Crippen molar-refractivity contribution < 1.29 is 14.4 Å². The minimum atomic E-state index is -0.627. The fourth-order valence-corrected chi connectivity index (χ4v) is 4.70. The number of carbonyl (C=O) groups excluding carboxylic acids is 3. The zero-order chi connectivity index (χ0) is 24.6. The number of nitrogens with zero attached hydrogens (tertiary/aromatic N) is 3. The topological polar surface area (TPSA) is 85.0 Å². The van der Waals surface area contributed by atoms with Gasteiger partial charge in [-0.05, 0) is 49.4 Å². The fourth-order valence-electron chi connectivity index (χ4n) is 4.70. The van der Waals surface area contributed by atoms with E-state index in [1.54, 1.807) is 4.90 Å². The molecule has 186 valence electrons. The first-order valence-electron chi connectivity index (χ1n) is 12.4. The summed E-state index contributed by atoms with van der Waals surface area (Å²) in [6.45, 7) is 6.39. The molecular formula is C27H35N5O3. The van der Waals surface area contributed by atoms with Crippen LogP contribution in [0.15, 0.2) is 54.6 Å². The Kier molecular flexibility index (Phi) is 8.36. The van der Waals surface area contributed by atoms with Gasteiger partial charge in [0.05, 0.1) is 6.54 Å². The van der Waals surface area contributed by atoms with Gasteiger partial charge in [0, 0.05) is 45.0 Å². The molecule has 4 amide bonds. The Hall–Kier alpha value is -3.39. The summed E-state index contributed by atoms with van der Waals surface area (Å²) in [7, 11) is 0. The first-order chi connectivity index (χ1) is 17.0. The molecule has 2 aromatic carbocycles. The predicted octanol–water partition coefficient (Wildman–Crippen LogP) is 2.84. The van der Waals surface area contributed by atoms with Crippen LogP contribution in [0.25, 0.3) is 0 Å². The maximum Gasteiger partial charge on any atom is 0.319 e. The van der Waals surface area contributed by atoms with Gasteiger partial charge in [-0.1, -0.05) is 42.5 Å². The molecule has 0 radical (unpaired) electrons. The third-order valence-corrected chi connectivity index (χ3v) is 6.66. The van der Waals surface area contributed by atoms with Gasteiger partial charge in [-0.25, -0.2) is 4.79 Å². The third kappa shape index (κ3) is 7.05. The SMILES string of the molecule is Cc1cccc(NC(=O)N[C@H]2CCCCN(CC(=O)N3CCN(Cc4ccccc4)CC3)C2=O)c1. The second-order valence-corrected chi connectivity index (χ2v) is 9.42. The monoisotopic (exact) mass is 477 g/mol. The van der Waals surface area contributed by atoms with Crippen molar-refractivity contribution in [1.29, 1.82) is 0 Å². The van der Waals surface area contributed by atoms with Gasteiger partial charge in [-0.2, -0.15) is 0 Å². The smallest absolute Gasteiger partial charge is 0.319 e. The van der Waals surface area contributed by atoms with E-state index in [0.29, 0.717) is 31.7 Å². The Morgan fingerprint density at radius 2 is 1.71 bits per heavy atom. The highest BCUT2D eigenvalue weighted by molar-refractivity contribution is 5.95. The van der Waals surface area contributed by atoms with E-state index in [1.807, 2.05) is 54.3 Å². The number of urea groups is 1. The number of benzene rings is 2. The number of piperazine rings is 1. The molecule has 0 saturated carbocycles. The lowest BCUT2D eigenvalue weighted by Crippen LogP contribution is -2.54. The summed E-state index contributed by atoms with van der Waals surface area (Å²) in [5.41, 5.74) is 2.99. The molecule has 8 nitrogen and oxygen atoms in total. The number of nitrogens with one attached hydrogen (secondary N) is 2. The molecule has 2 aliphatic heterocycles. The van der Waals surface area contributed by atoms with Gasteiger partial charge in [0.1, 0.15) is 6.04 Å². The molecular weight excluding hydrogens is 442 g/mol.